The highest BCUT2D eigenvalue weighted by Crippen LogP contribution is 2.19. The third-order valence-electron chi connectivity index (χ3n) is 4.62. The van der Waals surface area contributed by atoms with Gasteiger partial charge in [-0.15, -0.1) is 0 Å². The molecule has 0 aliphatic rings. The van der Waals surface area contributed by atoms with Crippen molar-refractivity contribution in [1.82, 2.24) is 19.5 Å². The van der Waals surface area contributed by atoms with Crippen LogP contribution in [0.3, 0.4) is 0 Å². The molecule has 4 rings (SSSR count). The molecule has 0 N–H and O–H groups in total. The lowest BCUT2D eigenvalue weighted by atomic mass is 10.1. The zero-order valence-electron chi connectivity index (χ0n) is 16.2. The number of para-hydroxylation sites is 1. The van der Waals surface area contributed by atoms with Crippen molar-refractivity contribution in [2.75, 3.05) is 0 Å². The van der Waals surface area contributed by atoms with Crippen LogP contribution in [-0.2, 0) is 19.4 Å². The van der Waals surface area contributed by atoms with E-state index in [4.69, 9.17) is 10.00 Å². The minimum atomic E-state index is -0.238. The summed E-state index contributed by atoms with van der Waals surface area (Å²) in [6, 6.07) is 21.3. The first kappa shape index (κ1) is 19.3. The van der Waals surface area contributed by atoms with Gasteiger partial charge in [0.2, 0.25) is 0 Å². The van der Waals surface area contributed by atoms with Gasteiger partial charge in [0.25, 0.3) is 5.56 Å². The molecule has 0 spiro atoms. The molecule has 0 saturated carbocycles. The van der Waals surface area contributed by atoms with E-state index in [-0.39, 0.29) is 24.5 Å². The predicted molar refractivity (Wildman–Crippen MR) is 112 cm³/mol. The summed E-state index contributed by atoms with van der Waals surface area (Å²) in [5, 5.41) is 9.02. The number of aryl methyl sites for hydroxylation is 3. The van der Waals surface area contributed by atoms with Crippen LogP contribution in [0.4, 0.5) is 0 Å². The minimum absolute atomic E-state index is 0.123. The average molecular weight is 397 g/mol. The average Bonchev–Trinajstić information content (AvgIpc) is 2.79. The van der Waals surface area contributed by atoms with E-state index < -0.39 is 0 Å². The van der Waals surface area contributed by atoms with E-state index in [2.05, 4.69) is 21.0 Å². The van der Waals surface area contributed by atoms with E-state index in [0.717, 1.165) is 5.56 Å². The zero-order chi connectivity index (χ0) is 20.8. The Balaban J connectivity index is 1.70. The molecule has 0 fully saturated rings. The fraction of sp³-hybridized carbons (Fsp3) is 0.174. The highest BCUT2D eigenvalue weighted by atomic mass is 16.5. The van der Waals surface area contributed by atoms with E-state index in [1.54, 1.807) is 18.3 Å². The Labute approximate surface area is 173 Å². The van der Waals surface area contributed by atoms with Crippen molar-refractivity contribution in [2.24, 2.45) is 0 Å². The van der Waals surface area contributed by atoms with E-state index >= 15 is 0 Å². The van der Waals surface area contributed by atoms with E-state index in [9.17, 15) is 4.79 Å². The van der Waals surface area contributed by atoms with E-state index in [1.165, 1.54) is 4.57 Å². The molecule has 0 aliphatic carbocycles. The van der Waals surface area contributed by atoms with Gasteiger partial charge in [-0.1, -0.05) is 48.5 Å². The second-order valence-electron chi connectivity index (χ2n) is 6.69. The van der Waals surface area contributed by atoms with Crippen LogP contribution in [0.2, 0.25) is 0 Å². The minimum Gasteiger partial charge on any atom is -0.424 e. The third-order valence-corrected chi connectivity index (χ3v) is 4.62. The van der Waals surface area contributed by atoms with Gasteiger partial charge < -0.3 is 4.74 Å². The fourth-order valence-electron chi connectivity index (χ4n) is 3.16. The lowest BCUT2D eigenvalue weighted by molar-refractivity contribution is 0.442. The molecule has 0 radical (unpaired) electrons. The molecule has 7 nitrogen and oxygen atoms in total. The second kappa shape index (κ2) is 8.97. The SMILES string of the molecule is N#CCCn1c(=O)c(CCc2ccccc2)nc2cnc(Oc3ccccc3)nc21. The summed E-state index contributed by atoms with van der Waals surface area (Å²) in [5.41, 5.74) is 2.18. The molecule has 4 aromatic rings. The van der Waals surface area contributed by atoms with Gasteiger partial charge in [0, 0.05) is 6.54 Å². The number of hydrogen-bond acceptors (Lipinski definition) is 6. The molecular weight excluding hydrogens is 378 g/mol. The van der Waals surface area contributed by atoms with Crippen molar-refractivity contribution >= 4 is 11.2 Å². The first-order valence-corrected chi connectivity index (χ1v) is 9.65. The fourth-order valence-corrected chi connectivity index (χ4v) is 3.16. The van der Waals surface area contributed by atoms with Gasteiger partial charge in [0.1, 0.15) is 17.0 Å². The summed E-state index contributed by atoms with van der Waals surface area (Å²) in [6.07, 6.45) is 2.93. The Morgan fingerprint density at radius 3 is 2.43 bits per heavy atom. The van der Waals surface area contributed by atoms with Crippen LogP contribution < -0.4 is 10.3 Å². The quantitative estimate of drug-likeness (QED) is 0.472. The molecule has 148 valence electrons. The van der Waals surface area contributed by atoms with Gasteiger partial charge in [0.05, 0.1) is 18.7 Å². The van der Waals surface area contributed by atoms with Crippen LogP contribution in [0.25, 0.3) is 11.2 Å². The summed E-state index contributed by atoms with van der Waals surface area (Å²) in [5.74, 6) is 0.593. The molecule has 0 atom stereocenters. The van der Waals surface area contributed by atoms with Crippen molar-refractivity contribution in [1.29, 1.82) is 5.26 Å². The maximum atomic E-state index is 13.1. The topological polar surface area (TPSA) is 93.7 Å². The summed E-state index contributed by atoms with van der Waals surface area (Å²) in [6.45, 7) is 0.231. The number of rotatable bonds is 7. The lowest BCUT2D eigenvalue weighted by Crippen LogP contribution is -2.27. The standard InChI is InChI=1S/C23H19N5O2/c24-14-7-15-28-21-20(16-25-23(27-21)30-18-10-5-2-6-11-18)26-19(22(28)29)13-12-17-8-3-1-4-9-17/h1-6,8-11,16H,7,12-13,15H2. The third kappa shape index (κ3) is 4.33. The van der Waals surface area contributed by atoms with Gasteiger partial charge in [-0.3, -0.25) is 9.36 Å². The van der Waals surface area contributed by atoms with Crippen LogP contribution in [0.5, 0.6) is 11.8 Å². The zero-order valence-corrected chi connectivity index (χ0v) is 16.2. The molecule has 0 amide bonds. The summed E-state index contributed by atoms with van der Waals surface area (Å²) >= 11 is 0. The first-order chi connectivity index (χ1) is 14.7. The number of ether oxygens (including phenoxy) is 1. The van der Waals surface area contributed by atoms with Gasteiger partial charge in [-0.25, -0.2) is 9.97 Å². The van der Waals surface area contributed by atoms with Crippen LogP contribution in [-0.4, -0.2) is 19.5 Å². The smallest absolute Gasteiger partial charge is 0.324 e. The Bertz CT molecular complexity index is 1250. The van der Waals surface area contributed by atoms with Gasteiger partial charge in [0.15, 0.2) is 5.65 Å². The highest BCUT2D eigenvalue weighted by molar-refractivity contribution is 5.69. The molecule has 30 heavy (non-hydrogen) atoms. The van der Waals surface area contributed by atoms with Crippen LogP contribution in [0.15, 0.2) is 71.7 Å². The van der Waals surface area contributed by atoms with Crippen molar-refractivity contribution < 1.29 is 4.74 Å². The van der Waals surface area contributed by atoms with Crippen molar-refractivity contribution in [3.8, 4) is 17.8 Å². The predicted octanol–water partition coefficient (Wildman–Crippen LogP) is 3.68. The second-order valence-corrected chi connectivity index (χ2v) is 6.69. The summed E-state index contributed by atoms with van der Waals surface area (Å²) in [4.78, 5) is 26.2. The molecule has 0 aliphatic heterocycles. The maximum Gasteiger partial charge on any atom is 0.324 e. The number of nitriles is 1. The maximum absolute atomic E-state index is 13.1. The molecule has 0 saturated heterocycles. The van der Waals surface area contributed by atoms with E-state index in [1.807, 2.05) is 48.5 Å². The molecule has 2 aromatic carbocycles. The number of fused-ring (bicyclic) bond motifs is 1. The summed E-state index contributed by atoms with van der Waals surface area (Å²) in [7, 11) is 0. The molecule has 0 bridgehead atoms. The molecule has 2 aromatic heterocycles. The molecule has 2 heterocycles. The Hall–Kier alpha value is -4.05. The molecule has 0 unspecified atom stereocenters. The van der Waals surface area contributed by atoms with E-state index in [0.29, 0.717) is 35.4 Å². The highest BCUT2D eigenvalue weighted by Gasteiger charge is 2.14. The number of aromatic nitrogens is 4. The van der Waals surface area contributed by atoms with Crippen molar-refractivity contribution in [3.63, 3.8) is 0 Å². The Morgan fingerprint density at radius 2 is 1.70 bits per heavy atom. The van der Waals surface area contributed by atoms with Crippen molar-refractivity contribution in [3.05, 3.63) is 88.5 Å². The van der Waals surface area contributed by atoms with Crippen LogP contribution >= 0.6 is 0 Å². The number of nitrogens with zero attached hydrogens (tertiary/aromatic N) is 5. The van der Waals surface area contributed by atoms with Crippen LogP contribution in [0.1, 0.15) is 17.7 Å². The normalized spacial score (nSPS) is 10.6. The van der Waals surface area contributed by atoms with Gasteiger partial charge in [-0.2, -0.15) is 10.2 Å². The lowest BCUT2D eigenvalue weighted by Gasteiger charge is -2.11. The van der Waals surface area contributed by atoms with Crippen molar-refractivity contribution in [2.45, 2.75) is 25.8 Å². The van der Waals surface area contributed by atoms with Gasteiger partial charge in [-0.05, 0) is 30.5 Å². The Kier molecular flexibility index (Phi) is 5.76. The number of hydrogen-bond donors (Lipinski definition) is 0. The first-order valence-electron chi connectivity index (χ1n) is 9.65. The molecule has 7 heteroatoms. The summed E-state index contributed by atoms with van der Waals surface area (Å²) < 4.78 is 7.18. The monoisotopic (exact) mass is 397 g/mol. The largest absolute Gasteiger partial charge is 0.424 e. The van der Waals surface area contributed by atoms with Crippen LogP contribution in [0, 0.1) is 11.3 Å². The molecular formula is C23H19N5O2. The Morgan fingerprint density at radius 1 is 0.967 bits per heavy atom. The van der Waals surface area contributed by atoms with Gasteiger partial charge >= 0.3 is 6.01 Å². The number of benzene rings is 2.